The van der Waals surface area contributed by atoms with Crippen LogP contribution in [0.5, 0.6) is 0 Å². The van der Waals surface area contributed by atoms with Gasteiger partial charge in [0.05, 0.1) is 4.92 Å². The third kappa shape index (κ3) is 3.22. The molecule has 0 heterocycles. The Bertz CT molecular complexity index is 459. The minimum atomic E-state index is -0.558. The lowest BCUT2D eigenvalue weighted by Crippen LogP contribution is -2.28. The molecule has 0 bridgehead atoms. The molecular weight excluding hydrogens is 247 g/mol. The third-order valence-corrected chi connectivity index (χ3v) is 3.92. The van der Waals surface area contributed by atoms with Gasteiger partial charge in [-0.3, -0.25) is 10.1 Å². The summed E-state index contributed by atoms with van der Waals surface area (Å²) in [5, 5.41) is 13.9. The van der Waals surface area contributed by atoms with E-state index in [1.807, 2.05) is 6.92 Å². The molecule has 2 rings (SSSR count). The zero-order valence-corrected chi connectivity index (χ0v) is 11.1. The van der Waals surface area contributed by atoms with Crippen molar-refractivity contribution in [2.24, 2.45) is 5.92 Å². The van der Waals surface area contributed by atoms with Gasteiger partial charge in [-0.25, -0.2) is 4.39 Å². The average molecular weight is 266 g/mol. The van der Waals surface area contributed by atoms with Gasteiger partial charge in [-0.2, -0.15) is 0 Å². The van der Waals surface area contributed by atoms with Gasteiger partial charge in [0.1, 0.15) is 5.69 Å². The smallest absolute Gasteiger partial charge is 0.295 e. The van der Waals surface area contributed by atoms with Crippen molar-refractivity contribution in [2.45, 2.75) is 45.1 Å². The van der Waals surface area contributed by atoms with E-state index >= 15 is 0 Å². The van der Waals surface area contributed by atoms with Crippen molar-refractivity contribution in [3.63, 3.8) is 0 Å². The van der Waals surface area contributed by atoms with E-state index in [1.54, 1.807) is 0 Å². The van der Waals surface area contributed by atoms with E-state index in [0.717, 1.165) is 12.8 Å². The minimum absolute atomic E-state index is 0.0190. The van der Waals surface area contributed by atoms with Crippen molar-refractivity contribution in [1.29, 1.82) is 0 Å². The molecule has 1 unspecified atom stereocenters. The summed E-state index contributed by atoms with van der Waals surface area (Å²) in [7, 11) is 0. The molecule has 1 fully saturated rings. The Labute approximate surface area is 112 Å². The highest BCUT2D eigenvalue weighted by molar-refractivity contribution is 5.62. The van der Waals surface area contributed by atoms with E-state index in [4.69, 9.17) is 0 Å². The Kier molecular flexibility index (Phi) is 4.35. The Morgan fingerprint density at radius 2 is 2.05 bits per heavy atom. The number of nitro benzene ring substituents is 1. The summed E-state index contributed by atoms with van der Waals surface area (Å²) in [5.41, 5.74) is -0.173. The van der Waals surface area contributed by atoms with Gasteiger partial charge in [0.2, 0.25) is 0 Å². The summed E-state index contributed by atoms with van der Waals surface area (Å²) in [6.45, 7) is 1.98. The van der Waals surface area contributed by atoms with Gasteiger partial charge in [0.25, 0.3) is 5.69 Å². The number of anilines is 1. The van der Waals surface area contributed by atoms with Crippen molar-refractivity contribution < 1.29 is 9.31 Å². The van der Waals surface area contributed by atoms with E-state index in [2.05, 4.69) is 5.32 Å². The number of nitrogens with zero attached hydrogens (tertiary/aromatic N) is 1. The second-order valence-corrected chi connectivity index (χ2v) is 5.22. The van der Waals surface area contributed by atoms with Crippen LogP contribution in [0.25, 0.3) is 0 Å². The van der Waals surface area contributed by atoms with E-state index in [9.17, 15) is 14.5 Å². The van der Waals surface area contributed by atoms with Crippen molar-refractivity contribution in [2.75, 3.05) is 5.32 Å². The Balaban J connectivity index is 2.15. The van der Waals surface area contributed by atoms with Gasteiger partial charge in [-0.1, -0.05) is 25.3 Å². The number of hydrogen-bond donors (Lipinski definition) is 1. The van der Waals surface area contributed by atoms with Gasteiger partial charge < -0.3 is 5.32 Å². The Morgan fingerprint density at radius 3 is 2.68 bits per heavy atom. The maximum atomic E-state index is 13.8. The standard InChI is InChI=1S/C14H19FN2O2/c1-10(11-6-3-2-4-7-11)16-14-12(15)8-5-9-13(14)17(18)19/h5,8-11,16H,2-4,6-7H2,1H3. The van der Waals surface area contributed by atoms with Crippen molar-refractivity contribution in [1.82, 2.24) is 0 Å². The van der Waals surface area contributed by atoms with Crippen LogP contribution in [0.15, 0.2) is 18.2 Å². The molecule has 4 nitrogen and oxygen atoms in total. The lowest BCUT2D eigenvalue weighted by atomic mass is 9.84. The normalized spacial score (nSPS) is 18.0. The molecular formula is C14H19FN2O2. The highest BCUT2D eigenvalue weighted by atomic mass is 19.1. The number of nitro groups is 1. The second-order valence-electron chi connectivity index (χ2n) is 5.22. The summed E-state index contributed by atoms with van der Waals surface area (Å²) in [5.74, 6) is -0.0928. The van der Waals surface area contributed by atoms with Crippen LogP contribution in [0.1, 0.15) is 39.0 Å². The number of benzene rings is 1. The zero-order valence-electron chi connectivity index (χ0n) is 11.1. The molecule has 1 aliphatic carbocycles. The minimum Gasteiger partial charge on any atom is -0.374 e. The Hall–Kier alpha value is -1.65. The lowest BCUT2D eigenvalue weighted by Gasteiger charge is -2.28. The highest BCUT2D eigenvalue weighted by Crippen LogP contribution is 2.32. The molecule has 1 N–H and O–H groups in total. The van der Waals surface area contributed by atoms with E-state index in [0.29, 0.717) is 5.92 Å². The molecule has 0 aromatic heterocycles. The van der Waals surface area contributed by atoms with Crippen LogP contribution in [0.4, 0.5) is 15.8 Å². The molecule has 19 heavy (non-hydrogen) atoms. The molecule has 0 amide bonds. The summed E-state index contributed by atoms with van der Waals surface area (Å²) < 4.78 is 13.8. The number of nitrogens with one attached hydrogen (secondary N) is 1. The van der Waals surface area contributed by atoms with Crippen molar-refractivity contribution in [3.8, 4) is 0 Å². The van der Waals surface area contributed by atoms with Crippen molar-refractivity contribution >= 4 is 11.4 Å². The lowest BCUT2D eigenvalue weighted by molar-refractivity contribution is -0.384. The van der Waals surface area contributed by atoms with Crippen LogP contribution in [0.3, 0.4) is 0 Å². The maximum absolute atomic E-state index is 13.8. The van der Waals surface area contributed by atoms with Gasteiger partial charge in [0.15, 0.2) is 5.82 Å². The molecule has 0 aliphatic heterocycles. The molecule has 0 radical (unpaired) electrons. The quantitative estimate of drug-likeness (QED) is 0.659. The molecule has 104 valence electrons. The first-order valence-electron chi connectivity index (χ1n) is 6.79. The maximum Gasteiger partial charge on any atom is 0.295 e. The van der Waals surface area contributed by atoms with Crippen LogP contribution in [-0.4, -0.2) is 11.0 Å². The zero-order chi connectivity index (χ0) is 13.8. The molecule has 1 aliphatic rings. The first kappa shape index (κ1) is 13.8. The fourth-order valence-corrected chi connectivity index (χ4v) is 2.79. The molecule has 1 saturated carbocycles. The number of rotatable bonds is 4. The average Bonchev–Trinajstić information content (AvgIpc) is 2.41. The molecule has 0 spiro atoms. The molecule has 1 aromatic carbocycles. The monoisotopic (exact) mass is 266 g/mol. The van der Waals surface area contributed by atoms with Crippen LogP contribution in [-0.2, 0) is 0 Å². The van der Waals surface area contributed by atoms with E-state index in [-0.39, 0.29) is 17.4 Å². The fourth-order valence-electron chi connectivity index (χ4n) is 2.79. The van der Waals surface area contributed by atoms with Gasteiger partial charge in [-0.05, 0) is 31.7 Å². The topological polar surface area (TPSA) is 55.2 Å². The van der Waals surface area contributed by atoms with Gasteiger partial charge in [-0.15, -0.1) is 0 Å². The molecule has 5 heteroatoms. The Morgan fingerprint density at radius 1 is 1.37 bits per heavy atom. The summed E-state index contributed by atoms with van der Waals surface area (Å²) in [4.78, 5) is 10.4. The molecule has 1 atom stereocenters. The van der Waals surface area contributed by atoms with Crippen molar-refractivity contribution in [3.05, 3.63) is 34.1 Å². The van der Waals surface area contributed by atoms with E-state index in [1.165, 1.54) is 37.5 Å². The number of hydrogen-bond acceptors (Lipinski definition) is 3. The first-order chi connectivity index (χ1) is 9.09. The third-order valence-electron chi connectivity index (χ3n) is 3.92. The van der Waals surface area contributed by atoms with Crippen LogP contribution in [0, 0.1) is 21.8 Å². The largest absolute Gasteiger partial charge is 0.374 e. The first-order valence-corrected chi connectivity index (χ1v) is 6.79. The molecule has 0 saturated heterocycles. The van der Waals surface area contributed by atoms with Crippen LogP contribution in [0.2, 0.25) is 0 Å². The van der Waals surface area contributed by atoms with E-state index < -0.39 is 10.7 Å². The predicted octanol–water partition coefficient (Wildman–Crippen LogP) is 4.11. The predicted molar refractivity (Wildman–Crippen MR) is 72.7 cm³/mol. The summed E-state index contributed by atoms with van der Waals surface area (Å²) in [6.07, 6.45) is 5.85. The number of para-hydroxylation sites is 1. The highest BCUT2D eigenvalue weighted by Gasteiger charge is 2.24. The fraction of sp³-hybridized carbons (Fsp3) is 0.571. The van der Waals surface area contributed by atoms with Crippen LogP contribution < -0.4 is 5.32 Å². The summed E-state index contributed by atoms with van der Waals surface area (Å²) in [6, 6.07) is 4.00. The second kappa shape index (κ2) is 5.99. The summed E-state index contributed by atoms with van der Waals surface area (Å²) >= 11 is 0. The SMILES string of the molecule is CC(Nc1c(F)cccc1[N+](=O)[O-])C1CCCCC1. The van der Waals surface area contributed by atoms with Gasteiger partial charge in [0, 0.05) is 12.1 Å². The molecule has 1 aromatic rings. The van der Waals surface area contributed by atoms with Crippen LogP contribution >= 0.6 is 0 Å². The van der Waals surface area contributed by atoms with Gasteiger partial charge >= 0.3 is 0 Å². The number of halogens is 1.